The lowest BCUT2D eigenvalue weighted by atomic mass is 9.73. The Morgan fingerprint density at radius 3 is 2.71 bits per heavy atom. The number of aromatic nitrogens is 1. The van der Waals surface area contributed by atoms with Gasteiger partial charge >= 0.3 is 0 Å². The van der Waals surface area contributed by atoms with Crippen LogP contribution >= 0.6 is 24.0 Å². The van der Waals surface area contributed by atoms with Crippen molar-refractivity contribution in [2.45, 2.75) is 59.0 Å². The molecule has 1 aliphatic rings. The second-order valence-electron chi connectivity index (χ2n) is 6.82. The third-order valence-electron chi connectivity index (χ3n) is 5.01. The van der Waals surface area contributed by atoms with Crippen LogP contribution in [0.5, 0.6) is 0 Å². The summed E-state index contributed by atoms with van der Waals surface area (Å²) in [7, 11) is 1.77. The zero-order valence-electron chi connectivity index (χ0n) is 15.2. The average Bonchev–Trinajstić information content (AvgIpc) is 2.85. The molecule has 0 aliphatic heterocycles. The molecule has 3 N–H and O–H groups in total. The topological polar surface area (TPSA) is 82.7 Å². The third-order valence-corrected chi connectivity index (χ3v) is 5.01. The zero-order valence-corrected chi connectivity index (χ0v) is 17.5. The highest BCUT2D eigenvalue weighted by Gasteiger charge is 2.35. The summed E-state index contributed by atoms with van der Waals surface area (Å²) < 4.78 is 5.18. The van der Waals surface area contributed by atoms with Crippen molar-refractivity contribution < 1.29 is 9.63 Å². The second kappa shape index (κ2) is 9.60. The van der Waals surface area contributed by atoms with Gasteiger partial charge in [0, 0.05) is 31.1 Å². The van der Waals surface area contributed by atoms with Crippen LogP contribution in [0.2, 0.25) is 0 Å². The number of hydrogen-bond acceptors (Lipinski definition) is 4. The molecule has 1 fully saturated rings. The Bertz CT molecular complexity index is 527. The van der Waals surface area contributed by atoms with Crippen molar-refractivity contribution in [3.63, 3.8) is 0 Å². The quantitative estimate of drug-likeness (QED) is 0.365. The minimum Gasteiger partial charge on any atom is -0.392 e. The summed E-state index contributed by atoms with van der Waals surface area (Å²) in [5, 5.41) is 20.9. The molecule has 1 aromatic rings. The maximum Gasteiger partial charge on any atom is 0.191 e. The minimum absolute atomic E-state index is 0. The second-order valence-corrected chi connectivity index (χ2v) is 6.82. The molecule has 138 valence electrons. The number of hydrogen-bond donors (Lipinski definition) is 3. The van der Waals surface area contributed by atoms with E-state index in [1.54, 1.807) is 7.05 Å². The molecule has 7 heteroatoms. The molecule has 0 aromatic carbocycles. The Morgan fingerprint density at radius 2 is 2.12 bits per heavy atom. The van der Waals surface area contributed by atoms with Crippen LogP contribution < -0.4 is 10.6 Å². The Kier molecular flexibility index (Phi) is 8.49. The van der Waals surface area contributed by atoms with Crippen molar-refractivity contribution in [2.24, 2.45) is 10.4 Å². The van der Waals surface area contributed by atoms with E-state index in [0.29, 0.717) is 0 Å². The van der Waals surface area contributed by atoms with Crippen LogP contribution in [0.1, 0.15) is 49.6 Å². The highest BCUT2D eigenvalue weighted by Crippen LogP contribution is 2.35. The van der Waals surface area contributed by atoms with Gasteiger partial charge in [-0.15, -0.1) is 24.0 Å². The smallest absolute Gasteiger partial charge is 0.191 e. The van der Waals surface area contributed by atoms with E-state index in [1.165, 1.54) is 6.42 Å². The Hall–Kier alpha value is -0.830. The minimum atomic E-state index is -0.232. The number of aliphatic hydroxyl groups is 1. The van der Waals surface area contributed by atoms with Crippen molar-refractivity contribution in [3.8, 4) is 0 Å². The summed E-state index contributed by atoms with van der Waals surface area (Å²) in [4.78, 5) is 4.27. The average molecular weight is 450 g/mol. The largest absolute Gasteiger partial charge is 0.392 e. The van der Waals surface area contributed by atoms with E-state index >= 15 is 0 Å². The van der Waals surface area contributed by atoms with Crippen molar-refractivity contribution in [1.29, 1.82) is 0 Å². The monoisotopic (exact) mass is 450 g/mol. The fraction of sp³-hybridized carbons (Fsp3) is 0.765. The third kappa shape index (κ3) is 5.34. The highest BCUT2D eigenvalue weighted by molar-refractivity contribution is 14.0. The number of nitrogens with zero attached hydrogens (tertiary/aromatic N) is 2. The van der Waals surface area contributed by atoms with Crippen molar-refractivity contribution in [3.05, 3.63) is 17.0 Å². The van der Waals surface area contributed by atoms with E-state index in [-0.39, 0.29) is 35.5 Å². The molecule has 0 amide bonds. The molecular weight excluding hydrogens is 419 g/mol. The Morgan fingerprint density at radius 1 is 1.38 bits per heavy atom. The summed E-state index contributed by atoms with van der Waals surface area (Å²) >= 11 is 0. The van der Waals surface area contributed by atoms with Crippen LogP contribution in [-0.4, -0.2) is 42.5 Å². The molecule has 2 atom stereocenters. The van der Waals surface area contributed by atoms with E-state index in [4.69, 9.17) is 4.52 Å². The highest BCUT2D eigenvalue weighted by atomic mass is 127. The van der Waals surface area contributed by atoms with Gasteiger partial charge in [0.25, 0.3) is 0 Å². The van der Waals surface area contributed by atoms with Crippen LogP contribution in [0, 0.1) is 19.3 Å². The lowest BCUT2D eigenvalue weighted by Crippen LogP contribution is -2.48. The number of aliphatic hydroxyl groups excluding tert-OH is 1. The summed E-state index contributed by atoms with van der Waals surface area (Å²) in [5.41, 5.74) is 2.03. The van der Waals surface area contributed by atoms with E-state index in [2.05, 4.69) is 27.7 Å². The number of nitrogens with one attached hydrogen (secondary N) is 2. The first-order valence-corrected chi connectivity index (χ1v) is 8.50. The molecule has 1 aromatic heterocycles. The molecule has 6 nitrogen and oxygen atoms in total. The molecule has 2 rings (SSSR count). The van der Waals surface area contributed by atoms with Crippen LogP contribution in [-0.2, 0) is 6.42 Å². The number of halogens is 1. The predicted molar refractivity (Wildman–Crippen MR) is 107 cm³/mol. The van der Waals surface area contributed by atoms with E-state index in [0.717, 1.165) is 61.7 Å². The lowest BCUT2D eigenvalue weighted by Gasteiger charge is -2.38. The van der Waals surface area contributed by atoms with Gasteiger partial charge < -0.3 is 20.3 Å². The van der Waals surface area contributed by atoms with E-state index in [1.807, 2.05) is 13.8 Å². The molecular formula is C17H31IN4O2. The van der Waals surface area contributed by atoms with Gasteiger partial charge in [-0.1, -0.05) is 24.9 Å². The van der Waals surface area contributed by atoms with Gasteiger partial charge in [-0.25, -0.2) is 0 Å². The van der Waals surface area contributed by atoms with Crippen LogP contribution in [0.15, 0.2) is 9.52 Å². The Labute approximate surface area is 161 Å². The summed E-state index contributed by atoms with van der Waals surface area (Å²) in [5.74, 6) is 1.65. The van der Waals surface area contributed by atoms with Crippen LogP contribution in [0.3, 0.4) is 0 Å². The molecule has 0 saturated heterocycles. The first kappa shape index (κ1) is 21.2. The van der Waals surface area contributed by atoms with Crippen LogP contribution in [0.4, 0.5) is 0 Å². The number of aliphatic imine (C=N–C) groups is 1. The maximum absolute atomic E-state index is 10.3. The molecule has 1 heterocycles. The molecule has 0 bridgehead atoms. The first-order chi connectivity index (χ1) is 11.0. The SMILES string of the molecule is CN=C(NCCc1c(C)noc1C)NCC1(C)CCCCC1O.I. The van der Waals surface area contributed by atoms with Gasteiger partial charge in [-0.3, -0.25) is 4.99 Å². The molecule has 2 unspecified atom stereocenters. The number of guanidine groups is 1. The molecule has 0 radical (unpaired) electrons. The number of rotatable bonds is 5. The van der Waals surface area contributed by atoms with Gasteiger partial charge in [0.05, 0.1) is 11.8 Å². The predicted octanol–water partition coefficient (Wildman–Crippen LogP) is 2.56. The molecule has 24 heavy (non-hydrogen) atoms. The van der Waals surface area contributed by atoms with Gasteiger partial charge in [-0.2, -0.15) is 0 Å². The number of aryl methyl sites for hydroxylation is 2. The first-order valence-electron chi connectivity index (χ1n) is 8.50. The van der Waals surface area contributed by atoms with Crippen molar-refractivity contribution >= 4 is 29.9 Å². The summed E-state index contributed by atoms with van der Waals surface area (Å²) in [6.07, 6.45) is 4.88. The van der Waals surface area contributed by atoms with Crippen molar-refractivity contribution in [2.75, 3.05) is 20.1 Å². The Balaban J connectivity index is 0.00000288. The van der Waals surface area contributed by atoms with Gasteiger partial charge in [-0.05, 0) is 33.1 Å². The lowest BCUT2D eigenvalue weighted by molar-refractivity contribution is 0.00398. The van der Waals surface area contributed by atoms with Gasteiger partial charge in [0.2, 0.25) is 0 Å². The van der Waals surface area contributed by atoms with E-state index < -0.39 is 0 Å². The van der Waals surface area contributed by atoms with Crippen molar-refractivity contribution in [1.82, 2.24) is 15.8 Å². The summed E-state index contributed by atoms with van der Waals surface area (Å²) in [6.45, 7) is 7.56. The normalized spacial score (nSPS) is 24.4. The standard InChI is InChI=1S/C17H30N4O2.HI/c1-12-14(13(2)23-21-12)8-10-19-16(18-4)20-11-17(3)9-6-5-7-15(17)22;/h15,22H,5-11H2,1-4H3,(H2,18,19,20);1H. The summed E-state index contributed by atoms with van der Waals surface area (Å²) in [6, 6.07) is 0. The maximum atomic E-state index is 10.3. The van der Waals surface area contributed by atoms with Crippen LogP contribution in [0.25, 0.3) is 0 Å². The molecule has 1 aliphatic carbocycles. The molecule has 0 spiro atoms. The molecule has 1 saturated carbocycles. The zero-order chi connectivity index (χ0) is 16.9. The fourth-order valence-electron chi connectivity index (χ4n) is 3.26. The van der Waals surface area contributed by atoms with E-state index in [9.17, 15) is 5.11 Å². The van der Waals surface area contributed by atoms with Gasteiger partial charge in [0.1, 0.15) is 5.76 Å². The van der Waals surface area contributed by atoms with Gasteiger partial charge in [0.15, 0.2) is 5.96 Å². The fourth-order valence-corrected chi connectivity index (χ4v) is 3.26.